The SMILES string of the molecule is CC(C)(C)N(C1CC1)S(=O)(=O)C(C)(C)C. The van der Waals surface area contributed by atoms with Crippen molar-refractivity contribution in [3.8, 4) is 0 Å². The molecule has 0 radical (unpaired) electrons. The maximum atomic E-state index is 12.4. The Kier molecular flexibility index (Phi) is 2.99. The Morgan fingerprint density at radius 3 is 1.60 bits per heavy atom. The fraction of sp³-hybridized carbons (Fsp3) is 1.00. The predicted octanol–water partition coefficient (Wildman–Crippen LogP) is 2.38. The molecule has 90 valence electrons. The minimum absolute atomic E-state index is 0.231. The maximum Gasteiger partial charge on any atom is 0.219 e. The zero-order valence-corrected chi connectivity index (χ0v) is 11.5. The summed E-state index contributed by atoms with van der Waals surface area (Å²) in [5.41, 5.74) is -0.312. The Labute approximate surface area is 93.9 Å². The highest BCUT2D eigenvalue weighted by Crippen LogP contribution is 2.38. The molecule has 0 aromatic carbocycles. The molecule has 1 saturated carbocycles. The lowest BCUT2D eigenvalue weighted by atomic mass is 10.1. The second kappa shape index (κ2) is 3.45. The highest BCUT2D eigenvalue weighted by molar-refractivity contribution is 7.90. The minimum Gasteiger partial charge on any atom is -0.212 e. The fourth-order valence-electron chi connectivity index (χ4n) is 1.71. The van der Waals surface area contributed by atoms with Gasteiger partial charge in [-0.05, 0) is 54.4 Å². The Balaban J connectivity index is 3.11. The molecule has 0 unspecified atom stereocenters. The van der Waals surface area contributed by atoms with Crippen LogP contribution >= 0.6 is 0 Å². The number of nitrogens with zero attached hydrogens (tertiary/aromatic N) is 1. The van der Waals surface area contributed by atoms with Crippen LogP contribution < -0.4 is 0 Å². The molecule has 0 N–H and O–H groups in total. The third-order valence-corrected chi connectivity index (χ3v) is 5.48. The molecule has 1 fully saturated rings. The van der Waals surface area contributed by atoms with Crippen molar-refractivity contribution in [2.24, 2.45) is 0 Å². The van der Waals surface area contributed by atoms with Crippen molar-refractivity contribution in [2.45, 2.75) is 70.7 Å². The van der Waals surface area contributed by atoms with E-state index in [0.717, 1.165) is 12.8 Å². The molecule has 0 aliphatic heterocycles. The van der Waals surface area contributed by atoms with Gasteiger partial charge in [0.1, 0.15) is 0 Å². The lowest BCUT2D eigenvalue weighted by molar-refractivity contribution is 0.235. The molecule has 0 heterocycles. The average molecular weight is 233 g/mol. The number of sulfonamides is 1. The monoisotopic (exact) mass is 233 g/mol. The molecule has 0 saturated heterocycles. The largest absolute Gasteiger partial charge is 0.219 e. The molecule has 1 aliphatic carbocycles. The first-order valence-electron chi connectivity index (χ1n) is 5.52. The molecule has 0 bridgehead atoms. The Morgan fingerprint density at radius 2 is 1.40 bits per heavy atom. The highest BCUT2D eigenvalue weighted by Gasteiger charge is 2.48. The van der Waals surface area contributed by atoms with Crippen molar-refractivity contribution in [2.75, 3.05) is 0 Å². The van der Waals surface area contributed by atoms with Crippen LogP contribution in [0.25, 0.3) is 0 Å². The van der Waals surface area contributed by atoms with Gasteiger partial charge in [0.05, 0.1) is 4.75 Å². The van der Waals surface area contributed by atoms with E-state index in [2.05, 4.69) is 0 Å². The van der Waals surface area contributed by atoms with Gasteiger partial charge in [-0.25, -0.2) is 8.42 Å². The van der Waals surface area contributed by atoms with Gasteiger partial charge in [-0.15, -0.1) is 0 Å². The summed E-state index contributed by atoms with van der Waals surface area (Å²) in [6.07, 6.45) is 2.01. The van der Waals surface area contributed by atoms with E-state index in [-0.39, 0.29) is 11.6 Å². The standard InChI is InChI=1S/C11H23NO2S/c1-10(2,3)12(9-7-8-9)15(13,14)11(4,5)6/h9H,7-8H2,1-6H3. The molecule has 3 nitrogen and oxygen atoms in total. The normalized spacial score (nSPS) is 19.7. The summed E-state index contributed by atoms with van der Waals surface area (Å²) in [4.78, 5) is 0. The second-order valence-electron chi connectivity index (χ2n) is 6.32. The van der Waals surface area contributed by atoms with Gasteiger partial charge < -0.3 is 0 Å². The van der Waals surface area contributed by atoms with Crippen molar-refractivity contribution in [1.82, 2.24) is 4.31 Å². The molecular weight excluding hydrogens is 210 g/mol. The van der Waals surface area contributed by atoms with E-state index in [1.807, 2.05) is 20.8 Å². The van der Waals surface area contributed by atoms with Crippen molar-refractivity contribution in [3.05, 3.63) is 0 Å². The quantitative estimate of drug-likeness (QED) is 0.734. The zero-order chi connectivity index (χ0) is 12.1. The number of rotatable bonds is 2. The van der Waals surface area contributed by atoms with E-state index in [1.165, 1.54) is 0 Å². The van der Waals surface area contributed by atoms with Crippen LogP contribution in [-0.4, -0.2) is 29.1 Å². The van der Waals surface area contributed by atoms with Crippen molar-refractivity contribution in [3.63, 3.8) is 0 Å². The van der Waals surface area contributed by atoms with Crippen LogP contribution in [0, 0.1) is 0 Å². The molecule has 0 aromatic heterocycles. The van der Waals surface area contributed by atoms with E-state index in [0.29, 0.717) is 0 Å². The van der Waals surface area contributed by atoms with Gasteiger partial charge in [0.25, 0.3) is 0 Å². The van der Waals surface area contributed by atoms with E-state index in [1.54, 1.807) is 25.1 Å². The summed E-state index contributed by atoms with van der Waals surface area (Å²) in [5.74, 6) is 0. The summed E-state index contributed by atoms with van der Waals surface area (Å²) in [6.45, 7) is 11.2. The van der Waals surface area contributed by atoms with Crippen molar-refractivity contribution in [1.29, 1.82) is 0 Å². The van der Waals surface area contributed by atoms with Crippen molar-refractivity contribution < 1.29 is 8.42 Å². The van der Waals surface area contributed by atoms with Crippen LogP contribution in [-0.2, 0) is 10.0 Å². The molecule has 1 rings (SSSR count). The molecule has 0 spiro atoms. The zero-order valence-electron chi connectivity index (χ0n) is 10.7. The van der Waals surface area contributed by atoms with Gasteiger partial charge in [0.2, 0.25) is 10.0 Å². The smallest absolute Gasteiger partial charge is 0.212 e. The highest BCUT2D eigenvalue weighted by atomic mass is 32.2. The lowest BCUT2D eigenvalue weighted by Crippen LogP contribution is -2.53. The first-order chi connectivity index (χ1) is 6.48. The van der Waals surface area contributed by atoms with Gasteiger partial charge in [0, 0.05) is 11.6 Å². The van der Waals surface area contributed by atoms with Crippen molar-refractivity contribution >= 4 is 10.0 Å². The Morgan fingerprint density at radius 1 is 1.00 bits per heavy atom. The van der Waals surface area contributed by atoms with Gasteiger partial charge in [-0.3, -0.25) is 0 Å². The molecule has 0 atom stereocenters. The third kappa shape index (κ3) is 2.53. The van der Waals surface area contributed by atoms with Crippen LogP contribution in [0.3, 0.4) is 0 Å². The number of hydrogen-bond donors (Lipinski definition) is 0. The topological polar surface area (TPSA) is 37.4 Å². The average Bonchev–Trinajstić information content (AvgIpc) is 2.63. The van der Waals surface area contributed by atoms with Crippen LogP contribution in [0.5, 0.6) is 0 Å². The van der Waals surface area contributed by atoms with Gasteiger partial charge in [-0.1, -0.05) is 0 Å². The van der Waals surface area contributed by atoms with E-state index >= 15 is 0 Å². The molecule has 4 heteroatoms. The molecule has 1 aliphatic rings. The second-order valence-corrected chi connectivity index (χ2v) is 8.88. The fourth-order valence-corrected chi connectivity index (χ4v) is 3.62. The van der Waals surface area contributed by atoms with E-state index < -0.39 is 14.8 Å². The summed E-state index contributed by atoms with van der Waals surface area (Å²) in [5, 5.41) is 0. The Bertz CT molecular complexity index is 329. The number of hydrogen-bond acceptors (Lipinski definition) is 2. The molecule has 15 heavy (non-hydrogen) atoms. The van der Waals surface area contributed by atoms with Gasteiger partial charge >= 0.3 is 0 Å². The van der Waals surface area contributed by atoms with Crippen LogP contribution in [0.1, 0.15) is 54.4 Å². The summed E-state index contributed by atoms with van der Waals surface area (Å²) in [6, 6.07) is 0.231. The summed E-state index contributed by atoms with van der Waals surface area (Å²) < 4.78 is 25.8. The third-order valence-electron chi connectivity index (χ3n) is 2.57. The predicted molar refractivity (Wildman–Crippen MR) is 63.3 cm³/mol. The van der Waals surface area contributed by atoms with Crippen LogP contribution in [0.15, 0.2) is 0 Å². The molecular formula is C11H23NO2S. The maximum absolute atomic E-state index is 12.4. The summed E-state index contributed by atoms with van der Waals surface area (Å²) in [7, 11) is -3.20. The molecule has 0 aromatic rings. The minimum atomic E-state index is -3.20. The van der Waals surface area contributed by atoms with Crippen LogP contribution in [0.2, 0.25) is 0 Å². The first-order valence-corrected chi connectivity index (χ1v) is 6.96. The Hall–Kier alpha value is -0.0900. The van der Waals surface area contributed by atoms with Gasteiger partial charge in [0.15, 0.2) is 0 Å². The first kappa shape index (κ1) is 13.0. The van der Waals surface area contributed by atoms with E-state index in [9.17, 15) is 8.42 Å². The van der Waals surface area contributed by atoms with E-state index in [4.69, 9.17) is 0 Å². The molecule has 0 amide bonds. The summed E-state index contributed by atoms with van der Waals surface area (Å²) >= 11 is 0. The van der Waals surface area contributed by atoms with Gasteiger partial charge in [-0.2, -0.15) is 4.31 Å². The van der Waals surface area contributed by atoms with Crippen LogP contribution in [0.4, 0.5) is 0 Å². The lowest BCUT2D eigenvalue weighted by Gasteiger charge is -2.39.